The number of hydrogen-bond acceptors (Lipinski definition) is 5. The Kier molecular flexibility index (Phi) is 64.6. The van der Waals surface area contributed by atoms with Gasteiger partial charge in [0.25, 0.3) is 0 Å². The SMILES string of the molecule is CCCCCCCCCCCCCCCCCCCCCCCCCCC/C=C/CC/C=C/C(O)C(COP(=O)(O)OCC[N+](C)(C)C)NC(=O)CCCCCCCCCCCCCCCCCCCCCCCCCCCCCCCC. The van der Waals surface area contributed by atoms with Gasteiger partial charge in [0.2, 0.25) is 5.91 Å². The molecule has 0 radical (unpaired) electrons. The van der Waals surface area contributed by atoms with Gasteiger partial charge in [-0.05, 0) is 32.1 Å². The fourth-order valence-corrected chi connectivity index (χ4v) is 12.4. The zero-order valence-electron chi connectivity index (χ0n) is 56.7. The topological polar surface area (TPSA) is 105 Å². The van der Waals surface area contributed by atoms with Gasteiger partial charge in [-0.3, -0.25) is 13.8 Å². The largest absolute Gasteiger partial charge is 0.472 e. The van der Waals surface area contributed by atoms with Gasteiger partial charge in [-0.15, -0.1) is 0 Å². The van der Waals surface area contributed by atoms with Crippen LogP contribution in [0.25, 0.3) is 0 Å². The van der Waals surface area contributed by atoms with Crippen molar-refractivity contribution in [1.29, 1.82) is 0 Å². The molecule has 0 aliphatic rings. The number of nitrogens with one attached hydrogen (secondary N) is 1. The minimum absolute atomic E-state index is 0.0592. The fourth-order valence-electron chi connectivity index (χ4n) is 11.7. The number of phosphoric ester groups is 1. The van der Waals surface area contributed by atoms with Crippen molar-refractivity contribution in [2.24, 2.45) is 0 Å². The molecule has 0 aliphatic heterocycles. The second kappa shape index (κ2) is 65.4. The van der Waals surface area contributed by atoms with Crippen LogP contribution in [0.1, 0.15) is 393 Å². The Balaban J connectivity index is 4.03. The Morgan fingerprint density at radius 2 is 0.663 bits per heavy atom. The predicted octanol–water partition coefficient (Wildman–Crippen LogP) is 23.8. The van der Waals surface area contributed by atoms with Crippen LogP contribution in [0.2, 0.25) is 0 Å². The van der Waals surface area contributed by atoms with Crippen LogP contribution in [-0.4, -0.2) is 73.4 Å². The molecule has 9 heteroatoms. The molecule has 0 saturated carbocycles. The summed E-state index contributed by atoms with van der Waals surface area (Å²) in [6, 6.07) is -0.862. The average molecular weight is 1190 g/mol. The summed E-state index contributed by atoms with van der Waals surface area (Å²) < 4.78 is 23.8. The Morgan fingerprint density at radius 3 is 0.964 bits per heavy atom. The van der Waals surface area contributed by atoms with Gasteiger partial charge in [0.15, 0.2) is 0 Å². The maximum atomic E-state index is 13.1. The molecular formula is C74H148N2O6P+. The number of quaternary nitrogens is 1. The van der Waals surface area contributed by atoms with Crippen molar-refractivity contribution in [1.82, 2.24) is 5.32 Å². The van der Waals surface area contributed by atoms with E-state index in [1.54, 1.807) is 6.08 Å². The lowest BCUT2D eigenvalue weighted by Crippen LogP contribution is -2.45. The number of carbonyl (C=O) groups excluding carboxylic acids is 1. The van der Waals surface area contributed by atoms with E-state index in [4.69, 9.17) is 9.05 Å². The van der Waals surface area contributed by atoms with Gasteiger partial charge in [0.1, 0.15) is 13.2 Å². The zero-order valence-corrected chi connectivity index (χ0v) is 57.6. The number of allylic oxidation sites excluding steroid dienone is 3. The normalized spacial score (nSPS) is 13.7. The summed E-state index contributed by atoms with van der Waals surface area (Å²) in [7, 11) is 1.58. The van der Waals surface area contributed by atoms with Gasteiger partial charge < -0.3 is 19.8 Å². The molecule has 0 fully saturated rings. The molecule has 0 aromatic carbocycles. The number of nitrogens with zero attached hydrogens (tertiary/aromatic N) is 1. The molecule has 83 heavy (non-hydrogen) atoms. The van der Waals surface area contributed by atoms with Crippen molar-refractivity contribution in [2.45, 2.75) is 405 Å². The Morgan fingerprint density at radius 1 is 0.398 bits per heavy atom. The van der Waals surface area contributed by atoms with Gasteiger partial charge in [-0.25, -0.2) is 4.57 Å². The van der Waals surface area contributed by atoms with Crippen molar-refractivity contribution < 1.29 is 32.9 Å². The molecule has 0 aliphatic carbocycles. The van der Waals surface area contributed by atoms with Crippen LogP contribution in [0.15, 0.2) is 24.3 Å². The number of likely N-dealkylation sites (N-methyl/N-ethyl adjacent to an activating group) is 1. The van der Waals surface area contributed by atoms with E-state index in [9.17, 15) is 19.4 Å². The molecule has 0 spiro atoms. The molecule has 1 amide bonds. The van der Waals surface area contributed by atoms with Crippen molar-refractivity contribution in [3.8, 4) is 0 Å². The summed E-state index contributed by atoms with van der Waals surface area (Å²) in [5.41, 5.74) is 0. The molecule has 0 saturated heterocycles. The summed E-state index contributed by atoms with van der Waals surface area (Å²) in [5, 5.41) is 14.0. The quantitative estimate of drug-likeness (QED) is 0.0243. The van der Waals surface area contributed by atoms with Crippen molar-refractivity contribution in [3.63, 3.8) is 0 Å². The lowest BCUT2D eigenvalue weighted by atomic mass is 10.0. The third kappa shape index (κ3) is 68.3. The van der Waals surface area contributed by atoms with Crippen LogP contribution in [0.3, 0.4) is 0 Å². The van der Waals surface area contributed by atoms with Gasteiger partial charge in [-0.2, -0.15) is 0 Å². The molecule has 0 aromatic heterocycles. The molecule has 494 valence electrons. The van der Waals surface area contributed by atoms with Crippen LogP contribution in [0.4, 0.5) is 0 Å². The van der Waals surface area contributed by atoms with E-state index in [2.05, 4.69) is 31.3 Å². The van der Waals surface area contributed by atoms with Crippen LogP contribution in [-0.2, 0) is 18.4 Å². The average Bonchev–Trinajstić information content (AvgIpc) is 3.49. The van der Waals surface area contributed by atoms with Gasteiger partial charge in [0.05, 0.1) is 39.9 Å². The van der Waals surface area contributed by atoms with Crippen molar-refractivity contribution >= 4 is 13.7 Å². The van der Waals surface area contributed by atoms with E-state index in [1.807, 2.05) is 27.2 Å². The first-order valence-electron chi connectivity index (χ1n) is 37.2. The summed E-state index contributed by atoms with van der Waals surface area (Å²) in [4.78, 5) is 23.4. The first kappa shape index (κ1) is 82.0. The standard InChI is InChI=1S/C74H147N2O6P/c1-6-8-10-12-14-16-18-20-22-24-26-28-30-32-34-36-38-39-41-43-45-47-49-51-53-55-57-59-61-63-65-67-73(77)72(71-82-83(79,80)81-70-69-76(3,4)5)75-74(78)68-66-64-62-60-58-56-54-52-50-48-46-44-42-40-37-35-33-31-29-27-25-23-21-19-17-15-13-11-9-7-2/h57,59,65,67,72-73,77H,6-56,58,60-64,66,68-71H2,1-5H3,(H-,75,78,79,80)/p+1/b59-57+,67-65+. The number of unbranched alkanes of at least 4 members (excludes halogenated alkanes) is 55. The maximum Gasteiger partial charge on any atom is 0.472 e. The van der Waals surface area contributed by atoms with E-state index in [1.165, 1.54) is 334 Å². The minimum atomic E-state index is -4.36. The third-order valence-electron chi connectivity index (χ3n) is 17.4. The Bertz CT molecular complexity index is 1400. The molecule has 8 nitrogen and oxygen atoms in total. The van der Waals surface area contributed by atoms with Crippen molar-refractivity contribution in [2.75, 3.05) is 40.9 Å². The molecule has 0 aromatic rings. The highest BCUT2D eigenvalue weighted by molar-refractivity contribution is 7.47. The van der Waals surface area contributed by atoms with E-state index in [0.717, 1.165) is 38.5 Å². The molecule has 3 atom stereocenters. The predicted molar refractivity (Wildman–Crippen MR) is 365 cm³/mol. The van der Waals surface area contributed by atoms with Crippen LogP contribution in [0.5, 0.6) is 0 Å². The molecule has 3 unspecified atom stereocenters. The molecule has 3 N–H and O–H groups in total. The van der Waals surface area contributed by atoms with Gasteiger partial charge in [-0.1, -0.05) is 378 Å². The van der Waals surface area contributed by atoms with Gasteiger partial charge >= 0.3 is 7.82 Å². The zero-order chi connectivity index (χ0) is 60.5. The minimum Gasteiger partial charge on any atom is -0.387 e. The first-order chi connectivity index (χ1) is 40.5. The van der Waals surface area contributed by atoms with E-state index in [0.29, 0.717) is 17.4 Å². The van der Waals surface area contributed by atoms with Crippen LogP contribution >= 0.6 is 7.82 Å². The molecule has 0 heterocycles. The highest BCUT2D eigenvalue weighted by Gasteiger charge is 2.28. The maximum absolute atomic E-state index is 13.1. The second-order valence-electron chi connectivity index (χ2n) is 27.0. The molecule has 0 rings (SSSR count). The number of aliphatic hydroxyl groups is 1. The van der Waals surface area contributed by atoms with Crippen LogP contribution < -0.4 is 5.32 Å². The number of aliphatic hydroxyl groups excluding tert-OH is 1. The van der Waals surface area contributed by atoms with E-state index >= 15 is 0 Å². The van der Waals surface area contributed by atoms with Gasteiger partial charge in [0, 0.05) is 6.42 Å². The number of carbonyl (C=O) groups is 1. The smallest absolute Gasteiger partial charge is 0.387 e. The number of phosphoric acid groups is 1. The number of rotatable bonds is 70. The Hall–Kier alpha value is -1.02. The second-order valence-corrected chi connectivity index (χ2v) is 28.5. The van der Waals surface area contributed by atoms with E-state index in [-0.39, 0.29) is 19.1 Å². The molecular weight excluding hydrogens is 1040 g/mol. The summed E-state index contributed by atoms with van der Waals surface area (Å²) in [6.45, 7) is 4.87. The number of hydrogen-bond donors (Lipinski definition) is 3. The lowest BCUT2D eigenvalue weighted by molar-refractivity contribution is -0.870. The molecule has 0 bridgehead atoms. The van der Waals surface area contributed by atoms with Crippen LogP contribution in [0, 0.1) is 0 Å². The van der Waals surface area contributed by atoms with Crippen molar-refractivity contribution in [3.05, 3.63) is 24.3 Å². The number of amides is 1. The summed E-state index contributed by atoms with van der Waals surface area (Å²) >= 11 is 0. The van der Waals surface area contributed by atoms with E-state index < -0.39 is 20.0 Å². The fraction of sp³-hybridized carbons (Fsp3) is 0.932. The lowest BCUT2D eigenvalue weighted by Gasteiger charge is -2.25. The highest BCUT2D eigenvalue weighted by Crippen LogP contribution is 2.43. The highest BCUT2D eigenvalue weighted by atomic mass is 31.2. The summed E-state index contributed by atoms with van der Waals surface area (Å²) in [5.74, 6) is -0.177. The first-order valence-corrected chi connectivity index (χ1v) is 38.7. The third-order valence-corrected chi connectivity index (χ3v) is 18.4. The Labute approximate surface area is 519 Å². The summed E-state index contributed by atoms with van der Waals surface area (Å²) in [6.07, 6.45) is 86.4. The monoisotopic (exact) mass is 1190 g/mol.